The molecule has 1 unspecified atom stereocenters. The van der Waals surface area contributed by atoms with Crippen LogP contribution in [-0.2, 0) is 0 Å². The van der Waals surface area contributed by atoms with Gasteiger partial charge in [-0.3, -0.25) is 4.79 Å². The molecule has 2 N–H and O–H groups in total. The highest BCUT2D eigenvalue weighted by Gasteiger charge is 2.13. The lowest BCUT2D eigenvalue weighted by molar-refractivity contribution is 0.0895. The number of nitrogens with one attached hydrogen (secondary N) is 1. The zero-order valence-electron chi connectivity index (χ0n) is 9.34. The van der Waals surface area contributed by atoms with Crippen molar-refractivity contribution in [1.29, 1.82) is 0 Å². The summed E-state index contributed by atoms with van der Waals surface area (Å²) in [6, 6.07) is 7.15. The summed E-state index contributed by atoms with van der Waals surface area (Å²) >= 11 is 0. The average Bonchev–Trinajstić information content (AvgIpc) is 2.89. The third kappa shape index (κ3) is 2.92. The monoisotopic (exact) mass is 250 g/mol. The molecule has 0 bridgehead atoms. The minimum atomic E-state index is -0.947. The van der Waals surface area contributed by atoms with Gasteiger partial charge in [-0.25, -0.2) is 4.98 Å². The Balaban J connectivity index is 1.92. The van der Waals surface area contributed by atoms with E-state index in [1.807, 2.05) is 0 Å². The first kappa shape index (κ1) is 12.3. The molecule has 0 aliphatic rings. The van der Waals surface area contributed by atoms with Gasteiger partial charge in [0.2, 0.25) is 5.95 Å². The summed E-state index contributed by atoms with van der Waals surface area (Å²) in [7, 11) is 0. The van der Waals surface area contributed by atoms with Crippen LogP contribution in [0, 0.1) is 5.95 Å². The molecule has 0 aliphatic heterocycles. The predicted molar refractivity (Wildman–Crippen MR) is 60.2 cm³/mol. The van der Waals surface area contributed by atoms with Crippen LogP contribution in [0.1, 0.15) is 22.4 Å². The Morgan fingerprint density at radius 3 is 2.94 bits per heavy atom. The fourth-order valence-electron chi connectivity index (χ4n) is 1.40. The van der Waals surface area contributed by atoms with Gasteiger partial charge in [0, 0.05) is 0 Å². The fourth-order valence-corrected chi connectivity index (χ4v) is 1.40. The second-order valence-corrected chi connectivity index (χ2v) is 3.59. The van der Waals surface area contributed by atoms with Crippen molar-refractivity contribution in [2.24, 2.45) is 0 Å². The van der Waals surface area contributed by atoms with Gasteiger partial charge in [0.15, 0.2) is 0 Å². The first-order valence-electron chi connectivity index (χ1n) is 5.29. The zero-order chi connectivity index (χ0) is 13.0. The molecule has 94 valence electrons. The quantitative estimate of drug-likeness (QED) is 0.801. The van der Waals surface area contributed by atoms with E-state index in [0.717, 1.165) is 6.07 Å². The maximum Gasteiger partial charge on any atom is 0.270 e. The van der Waals surface area contributed by atoms with Gasteiger partial charge in [-0.2, -0.15) is 4.39 Å². The summed E-state index contributed by atoms with van der Waals surface area (Å²) in [5.74, 6) is -0.933. The molecule has 1 atom stereocenters. The normalized spacial score (nSPS) is 12.1. The first-order valence-corrected chi connectivity index (χ1v) is 5.29. The van der Waals surface area contributed by atoms with Crippen molar-refractivity contribution in [2.75, 3.05) is 6.54 Å². The third-order valence-electron chi connectivity index (χ3n) is 2.28. The molecule has 2 heterocycles. The molecule has 0 aromatic carbocycles. The van der Waals surface area contributed by atoms with Gasteiger partial charge < -0.3 is 14.8 Å². The summed E-state index contributed by atoms with van der Waals surface area (Å²) in [4.78, 5) is 15.0. The highest BCUT2D eigenvalue weighted by atomic mass is 19.1. The number of amides is 1. The number of aliphatic hydroxyl groups is 1. The molecule has 0 spiro atoms. The van der Waals surface area contributed by atoms with Crippen LogP contribution in [0.4, 0.5) is 4.39 Å². The topological polar surface area (TPSA) is 75.4 Å². The second-order valence-electron chi connectivity index (χ2n) is 3.59. The number of furan rings is 1. The van der Waals surface area contributed by atoms with Crippen LogP contribution < -0.4 is 5.32 Å². The van der Waals surface area contributed by atoms with E-state index < -0.39 is 18.0 Å². The molecule has 6 heteroatoms. The zero-order valence-corrected chi connectivity index (χ0v) is 9.34. The molecule has 0 radical (unpaired) electrons. The highest BCUT2D eigenvalue weighted by molar-refractivity contribution is 5.92. The van der Waals surface area contributed by atoms with E-state index in [0.29, 0.717) is 5.76 Å². The molecule has 2 rings (SSSR count). The Hall–Kier alpha value is -2.21. The van der Waals surface area contributed by atoms with Crippen LogP contribution in [0.25, 0.3) is 0 Å². The van der Waals surface area contributed by atoms with Gasteiger partial charge in [0.1, 0.15) is 17.6 Å². The summed E-state index contributed by atoms with van der Waals surface area (Å²) in [6.07, 6.45) is 0.478. The van der Waals surface area contributed by atoms with Gasteiger partial charge in [-0.1, -0.05) is 6.07 Å². The predicted octanol–water partition coefficient (Wildman–Crippen LogP) is 1.28. The van der Waals surface area contributed by atoms with E-state index in [-0.39, 0.29) is 12.2 Å². The van der Waals surface area contributed by atoms with Crippen LogP contribution in [-0.4, -0.2) is 22.5 Å². The van der Waals surface area contributed by atoms with E-state index in [9.17, 15) is 14.3 Å². The number of aliphatic hydroxyl groups excluding tert-OH is 1. The molecule has 5 nitrogen and oxygen atoms in total. The maximum absolute atomic E-state index is 12.8. The summed E-state index contributed by atoms with van der Waals surface area (Å²) in [5.41, 5.74) is -0.0401. The summed E-state index contributed by atoms with van der Waals surface area (Å²) < 4.78 is 17.8. The van der Waals surface area contributed by atoms with E-state index >= 15 is 0 Å². The number of pyridine rings is 1. The van der Waals surface area contributed by atoms with E-state index in [1.165, 1.54) is 18.4 Å². The first-order chi connectivity index (χ1) is 8.66. The van der Waals surface area contributed by atoms with E-state index in [4.69, 9.17) is 4.42 Å². The average molecular weight is 250 g/mol. The van der Waals surface area contributed by atoms with Crippen molar-refractivity contribution in [3.05, 3.63) is 54.0 Å². The van der Waals surface area contributed by atoms with Gasteiger partial charge >= 0.3 is 0 Å². The van der Waals surface area contributed by atoms with Crippen molar-refractivity contribution in [3.8, 4) is 0 Å². The van der Waals surface area contributed by atoms with Crippen LogP contribution in [0.3, 0.4) is 0 Å². The Morgan fingerprint density at radius 1 is 1.44 bits per heavy atom. The van der Waals surface area contributed by atoms with Gasteiger partial charge in [0.25, 0.3) is 5.91 Å². The van der Waals surface area contributed by atoms with Crippen LogP contribution in [0.15, 0.2) is 41.0 Å². The number of nitrogens with zero attached hydrogens (tertiary/aromatic N) is 1. The standard InChI is InChI=1S/C12H11FN2O3/c13-11-5-1-3-8(15-11)12(17)14-7-9(16)10-4-2-6-18-10/h1-6,9,16H,7H2,(H,14,17). The Labute approximate surface area is 102 Å². The molecule has 2 aromatic rings. The smallest absolute Gasteiger partial charge is 0.270 e. The lowest BCUT2D eigenvalue weighted by Gasteiger charge is -2.09. The van der Waals surface area contributed by atoms with Crippen LogP contribution in [0.5, 0.6) is 0 Å². The number of hydrogen-bond donors (Lipinski definition) is 2. The largest absolute Gasteiger partial charge is 0.467 e. The third-order valence-corrected chi connectivity index (χ3v) is 2.28. The lowest BCUT2D eigenvalue weighted by atomic mass is 10.2. The SMILES string of the molecule is O=C(NCC(O)c1ccco1)c1cccc(F)n1. The molecule has 0 saturated heterocycles. The fraction of sp³-hybridized carbons (Fsp3) is 0.167. The van der Waals surface area contributed by atoms with Crippen molar-refractivity contribution in [1.82, 2.24) is 10.3 Å². The summed E-state index contributed by atoms with van der Waals surface area (Å²) in [5, 5.41) is 12.1. The number of halogens is 1. The number of carbonyl (C=O) groups excluding carboxylic acids is 1. The molecule has 18 heavy (non-hydrogen) atoms. The minimum Gasteiger partial charge on any atom is -0.467 e. The Kier molecular flexibility index (Phi) is 3.69. The van der Waals surface area contributed by atoms with Crippen LogP contribution in [0.2, 0.25) is 0 Å². The van der Waals surface area contributed by atoms with Crippen molar-refractivity contribution >= 4 is 5.91 Å². The molecule has 0 aliphatic carbocycles. The lowest BCUT2D eigenvalue weighted by Crippen LogP contribution is -2.29. The molecule has 0 fully saturated rings. The number of carbonyl (C=O) groups is 1. The number of aromatic nitrogens is 1. The molecular weight excluding hydrogens is 239 g/mol. The van der Waals surface area contributed by atoms with Crippen LogP contribution >= 0.6 is 0 Å². The minimum absolute atomic E-state index is 0.0372. The Morgan fingerprint density at radius 2 is 2.28 bits per heavy atom. The molecule has 1 amide bonds. The van der Waals surface area contributed by atoms with Crippen molar-refractivity contribution in [2.45, 2.75) is 6.10 Å². The van der Waals surface area contributed by atoms with Gasteiger partial charge in [-0.05, 0) is 24.3 Å². The molecule has 0 saturated carbocycles. The van der Waals surface area contributed by atoms with Gasteiger partial charge in [-0.15, -0.1) is 0 Å². The van der Waals surface area contributed by atoms with E-state index in [2.05, 4.69) is 10.3 Å². The molecule has 2 aromatic heterocycles. The Bertz CT molecular complexity index is 528. The van der Waals surface area contributed by atoms with Crippen molar-refractivity contribution in [3.63, 3.8) is 0 Å². The highest BCUT2D eigenvalue weighted by Crippen LogP contribution is 2.11. The second kappa shape index (κ2) is 5.42. The number of hydrogen-bond acceptors (Lipinski definition) is 4. The van der Waals surface area contributed by atoms with E-state index in [1.54, 1.807) is 12.1 Å². The van der Waals surface area contributed by atoms with Gasteiger partial charge in [0.05, 0.1) is 12.8 Å². The van der Waals surface area contributed by atoms with Crippen molar-refractivity contribution < 1.29 is 18.7 Å². The number of rotatable bonds is 4. The molecular formula is C12H11FN2O3. The summed E-state index contributed by atoms with van der Waals surface area (Å²) in [6.45, 7) is -0.0372. The maximum atomic E-state index is 12.8.